The number of imide groups is 1. The quantitative estimate of drug-likeness (QED) is 0.395. The van der Waals surface area contributed by atoms with Gasteiger partial charge in [0.05, 0.1) is 6.54 Å². The molecule has 1 atom stereocenters. The van der Waals surface area contributed by atoms with Crippen LogP contribution < -0.4 is 5.32 Å². The van der Waals surface area contributed by atoms with Gasteiger partial charge in [0, 0.05) is 5.56 Å². The summed E-state index contributed by atoms with van der Waals surface area (Å²) in [7, 11) is 0. The largest absolute Gasteiger partial charge is 0.325 e. The Morgan fingerprint density at radius 2 is 1.63 bits per heavy atom. The van der Waals surface area contributed by atoms with Gasteiger partial charge in [0.25, 0.3) is 5.91 Å². The standard InChI is InChI=1S/C22H32N2O3/c1-6-7-8-9-10-11-22(5)20(26)24(21(27)23-22)14-19(25)18-13-16(3)15(2)12-17(18)4/h12-13H,6-11,14H2,1-5H3,(H,23,27)/t22-/m1/s1. The van der Waals surface area contributed by atoms with Gasteiger partial charge in [0.2, 0.25) is 0 Å². The van der Waals surface area contributed by atoms with Crippen LogP contribution in [0.5, 0.6) is 0 Å². The monoisotopic (exact) mass is 372 g/mol. The number of nitrogens with zero attached hydrogens (tertiary/aromatic N) is 1. The summed E-state index contributed by atoms with van der Waals surface area (Å²) < 4.78 is 0. The highest BCUT2D eigenvalue weighted by Crippen LogP contribution is 2.25. The maximum absolute atomic E-state index is 12.8. The van der Waals surface area contributed by atoms with Gasteiger partial charge in [0.1, 0.15) is 5.54 Å². The molecule has 1 aromatic carbocycles. The molecule has 1 N–H and O–H groups in total. The van der Waals surface area contributed by atoms with Crippen LogP contribution in [0.4, 0.5) is 4.79 Å². The zero-order valence-corrected chi connectivity index (χ0v) is 17.3. The number of unbranched alkanes of at least 4 members (excludes halogenated alkanes) is 4. The number of amides is 3. The van der Waals surface area contributed by atoms with E-state index in [-0.39, 0.29) is 18.2 Å². The van der Waals surface area contributed by atoms with E-state index in [0.717, 1.165) is 40.9 Å². The number of hydrogen-bond acceptors (Lipinski definition) is 3. The molecule has 2 rings (SSSR count). The minimum Gasteiger partial charge on any atom is -0.323 e. The minimum atomic E-state index is -0.901. The second-order valence-electron chi connectivity index (χ2n) is 7.99. The molecule has 1 aliphatic heterocycles. The molecule has 0 unspecified atom stereocenters. The maximum Gasteiger partial charge on any atom is 0.325 e. The molecule has 0 aliphatic carbocycles. The lowest BCUT2D eigenvalue weighted by Gasteiger charge is -2.21. The second kappa shape index (κ2) is 8.68. The molecule has 1 saturated heterocycles. The smallest absolute Gasteiger partial charge is 0.323 e. The van der Waals surface area contributed by atoms with Gasteiger partial charge in [-0.05, 0) is 56.9 Å². The molecule has 1 fully saturated rings. The summed E-state index contributed by atoms with van der Waals surface area (Å²) in [5, 5.41) is 2.80. The van der Waals surface area contributed by atoms with E-state index >= 15 is 0 Å². The average Bonchev–Trinajstić information content (AvgIpc) is 2.81. The number of rotatable bonds is 9. The van der Waals surface area contributed by atoms with E-state index in [0.29, 0.717) is 12.0 Å². The van der Waals surface area contributed by atoms with Gasteiger partial charge in [-0.15, -0.1) is 0 Å². The summed E-state index contributed by atoms with van der Waals surface area (Å²) >= 11 is 0. The van der Waals surface area contributed by atoms with E-state index in [1.165, 1.54) is 12.8 Å². The number of hydrogen-bond donors (Lipinski definition) is 1. The molecular formula is C22H32N2O3. The van der Waals surface area contributed by atoms with Crippen molar-refractivity contribution in [2.24, 2.45) is 0 Å². The number of Topliss-reactive ketones (excluding diaryl/α,β-unsaturated/α-hetero) is 1. The van der Waals surface area contributed by atoms with Gasteiger partial charge in [-0.2, -0.15) is 0 Å². The van der Waals surface area contributed by atoms with Gasteiger partial charge < -0.3 is 5.32 Å². The highest BCUT2D eigenvalue weighted by atomic mass is 16.2. The molecule has 148 valence electrons. The molecular weight excluding hydrogens is 340 g/mol. The molecule has 1 heterocycles. The summed E-state index contributed by atoms with van der Waals surface area (Å²) in [6.45, 7) is 9.55. The van der Waals surface area contributed by atoms with Gasteiger partial charge in [-0.25, -0.2) is 4.79 Å². The Bertz CT molecular complexity index is 741. The highest BCUT2D eigenvalue weighted by Gasteiger charge is 2.47. The zero-order valence-electron chi connectivity index (χ0n) is 17.3. The first-order valence-corrected chi connectivity index (χ1v) is 9.94. The Morgan fingerprint density at radius 3 is 2.30 bits per heavy atom. The number of ketones is 1. The Kier molecular flexibility index (Phi) is 6.79. The van der Waals surface area contributed by atoms with Gasteiger partial charge in [-0.3, -0.25) is 14.5 Å². The average molecular weight is 373 g/mol. The highest BCUT2D eigenvalue weighted by molar-refractivity contribution is 6.11. The second-order valence-corrected chi connectivity index (χ2v) is 7.99. The van der Waals surface area contributed by atoms with Crippen molar-refractivity contribution in [1.29, 1.82) is 0 Å². The molecule has 0 aromatic heterocycles. The molecule has 3 amide bonds. The van der Waals surface area contributed by atoms with Crippen LogP contribution in [0.2, 0.25) is 0 Å². The molecule has 0 saturated carbocycles. The fraction of sp³-hybridized carbons (Fsp3) is 0.591. The normalized spacial score (nSPS) is 19.5. The number of benzene rings is 1. The van der Waals surface area contributed by atoms with Crippen LogP contribution in [-0.2, 0) is 4.79 Å². The van der Waals surface area contributed by atoms with Crippen LogP contribution in [0.3, 0.4) is 0 Å². The lowest BCUT2D eigenvalue weighted by molar-refractivity contribution is -0.130. The minimum absolute atomic E-state index is 0.203. The van der Waals surface area contributed by atoms with Gasteiger partial charge in [-0.1, -0.05) is 45.1 Å². The molecule has 0 spiro atoms. The summed E-state index contributed by atoms with van der Waals surface area (Å²) in [4.78, 5) is 39.0. The van der Waals surface area contributed by atoms with E-state index in [2.05, 4.69) is 12.2 Å². The number of aryl methyl sites for hydroxylation is 3. The van der Waals surface area contributed by atoms with Crippen LogP contribution in [0.15, 0.2) is 12.1 Å². The van der Waals surface area contributed by atoms with Gasteiger partial charge in [0.15, 0.2) is 5.78 Å². The molecule has 0 radical (unpaired) electrons. The summed E-state index contributed by atoms with van der Waals surface area (Å²) in [5.74, 6) is -0.496. The van der Waals surface area contributed by atoms with Crippen molar-refractivity contribution in [2.45, 2.75) is 78.7 Å². The Morgan fingerprint density at radius 1 is 1.00 bits per heavy atom. The van der Waals surface area contributed by atoms with E-state index in [1.54, 1.807) is 6.92 Å². The van der Waals surface area contributed by atoms with E-state index in [4.69, 9.17) is 0 Å². The molecule has 1 aromatic rings. The zero-order chi connectivity index (χ0) is 20.2. The third kappa shape index (κ3) is 4.76. The summed E-state index contributed by atoms with van der Waals surface area (Å²) in [6, 6.07) is 3.35. The first-order valence-electron chi connectivity index (χ1n) is 9.94. The lowest BCUT2D eigenvalue weighted by atomic mass is 9.93. The molecule has 5 heteroatoms. The van der Waals surface area contributed by atoms with Crippen LogP contribution in [0.25, 0.3) is 0 Å². The topological polar surface area (TPSA) is 66.5 Å². The van der Waals surface area contributed by atoms with Crippen molar-refractivity contribution < 1.29 is 14.4 Å². The van der Waals surface area contributed by atoms with E-state index < -0.39 is 11.6 Å². The summed E-state index contributed by atoms with van der Waals surface area (Å²) in [5.41, 5.74) is 2.69. The van der Waals surface area contributed by atoms with Crippen LogP contribution in [0.1, 0.15) is 79.4 Å². The van der Waals surface area contributed by atoms with Crippen LogP contribution >= 0.6 is 0 Å². The number of urea groups is 1. The first-order chi connectivity index (χ1) is 12.7. The van der Waals surface area contributed by atoms with Crippen molar-refractivity contribution in [3.05, 3.63) is 34.4 Å². The summed E-state index contributed by atoms with van der Waals surface area (Å²) in [6.07, 6.45) is 6.04. The Balaban J connectivity index is 2.04. The molecule has 1 aliphatic rings. The predicted octanol–water partition coefficient (Wildman–Crippen LogP) is 4.47. The number of carbonyl (C=O) groups excluding carboxylic acids is 3. The van der Waals surface area contributed by atoms with Crippen molar-refractivity contribution in [3.8, 4) is 0 Å². The Hall–Kier alpha value is -2.17. The van der Waals surface area contributed by atoms with Crippen LogP contribution in [0, 0.1) is 20.8 Å². The van der Waals surface area contributed by atoms with Crippen molar-refractivity contribution in [2.75, 3.05) is 6.54 Å². The van der Waals surface area contributed by atoms with Crippen molar-refractivity contribution in [1.82, 2.24) is 10.2 Å². The fourth-order valence-corrected chi connectivity index (χ4v) is 3.63. The van der Waals surface area contributed by atoms with E-state index in [9.17, 15) is 14.4 Å². The molecule has 0 bridgehead atoms. The maximum atomic E-state index is 12.8. The third-order valence-corrected chi connectivity index (χ3v) is 5.57. The predicted molar refractivity (Wildman–Crippen MR) is 107 cm³/mol. The SMILES string of the molecule is CCCCCCC[C@@]1(C)NC(=O)N(CC(=O)c2cc(C)c(C)cc2C)C1=O. The van der Waals surface area contributed by atoms with Crippen molar-refractivity contribution in [3.63, 3.8) is 0 Å². The molecule has 27 heavy (non-hydrogen) atoms. The van der Waals surface area contributed by atoms with Gasteiger partial charge >= 0.3 is 6.03 Å². The molecule has 5 nitrogen and oxygen atoms in total. The number of carbonyl (C=O) groups is 3. The van der Waals surface area contributed by atoms with E-state index in [1.807, 2.05) is 32.9 Å². The first kappa shape index (κ1) is 21.1. The van der Waals surface area contributed by atoms with Crippen molar-refractivity contribution >= 4 is 17.7 Å². The Labute approximate surface area is 162 Å². The third-order valence-electron chi connectivity index (χ3n) is 5.57. The fourth-order valence-electron chi connectivity index (χ4n) is 3.63. The van der Waals surface area contributed by atoms with Crippen LogP contribution in [-0.4, -0.2) is 34.7 Å². The number of nitrogens with one attached hydrogen (secondary N) is 1. The lowest BCUT2D eigenvalue weighted by Crippen LogP contribution is -2.44.